The average Bonchev–Trinajstić information content (AvgIpc) is 2.28. The van der Waals surface area contributed by atoms with Crippen LogP contribution in [0.5, 0.6) is 5.75 Å². The molecule has 0 saturated carbocycles. The Balaban J connectivity index is 2.04. The lowest BCUT2D eigenvalue weighted by atomic mass is 10.2. The topological polar surface area (TPSA) is 37.4 Å². The monoisotopic (exact) mass is 235 g/mol. The van der Waals surface area contributed by atoms with Crippen LogP contribution in [0, 0.1) is 6.92 Å². The summed E-state index contributed by atoms with van der Waals surface area (Å²) in [6.07, 6.45) is 0. The quantitative estimate of drug-likeness (QED) is 0.854. The lowest BCUT2D eigenvalue weighted by Crippen LogP contribution is -2.48. The van der Waals surface area contributed by atoms with Crippen LogP contribution in [-0.2, 0) is 6.54 Å². The van der Waals surface area contributed by atoms with Gasteiger partial charge in [-0.3, -0.25) is 9.88 Å². The molecule has 0 amide bonds. The number of hydrogen-bond donors (Lipinski definition) is 1. The smallest absolute Gasteiger partial charge is 0.122 e. The van der Waals surface area contributed by atoms with Crippen LogP contribution in [0.2, 0.25) is 0 Å². The molecule has 1 atom stereocenters. The number of nitrogens with zero attached hydrogens (tertiary/aromatic N) is 2. The number of nitrogens with one attached hydrogen (secondary N) is 1. The molecule has 1 unspecified atom stereocenters. The highest BCUT2D eigenvalue weighted by molar-refractivity contribution is 5.26. The molecular weight excluding hydrogens is 214 g/mol. The molecule has 2 heterocycles. The van der Waals surface area contributed by atoms with E-state index in [1.54, 1.807) is 7.11 Å². The number of aromatic nitrogens is 1. The molecule has 4 nitrogen and oxygen atoms in total. The Morgan fingerprint density at radius 2 is 2.35 bits per heavy atom. The second-order valence-electron chi connectivity index (χ2n) is 4.73. The zero-order chi connectivity index (χ0) is 12.3. The molecule has 1 aromatic rings. The van der Waals surface area contributed by atoms with E-state index in [-0.39, 0.29) is 0 Å². The van der Waals surface area contributed by atoms with Crippen LogP contribution in [-0.4, -0.2) is 42.7 Å². The van der Waals surface area contributed by atoms with E-state index in [1.165, 1.54) is 0 Å². The Bertz CT molecular complexity index is 381. The number of hydrogen-bond acceptors (Lipinski definition) is 4. The van der Waals surface area contributed by atoms with Gasteiger partial charge >= 0.3 is 0 Å². The number of rotatable bonds is 3. The standard InChI is InChI=1S/C13H21N3O/c1-10-6-13(17-3)7-12(15-10)9-16-5-4-14-11(2)8-16/h6-7,11,14H,4-5,8-9H2,1-3H3. The van der Waals surface area contributed by atoms with Crippen molar-refractivity contribution in [2.24, 2.45) is 0 Å². The summed E-state index contributed by atoms with van der Waals surface area (Å²) in [5, 5.41) is 3.44. The molecule has 1 saturated heterocycles. The van der Waals surface area contributed by atoms with Crippen LogP contribution in [0.25, 0.3) is 0 Å². The third-order valence-electron chi connectivity index (χ3n) is 3.05. The Kier molecular flexibility index (Phi) is 3.97. The van der Waals surface area contributed by atoms with Crippen molar-refractivity contribution in [1.82, 2.24) is 15.2 Å². The van der Waals surface area contributed by atoms with Gasteiger partial charge in [0.05, 0.1) is 12.8 Å². The molecule has 94 valence electrons. The van der Waals surface area contributed by atoms with Gasteiger partial charge in [-0.2, -0.15) is 0 Å². The Labute approximate surface area is 103 Å². The summed E-state index contributed by atoms with van der Waals surface area (Å²) in [6.45, 7) is 8.36. The van der Waals surface area contributed by atoms with Gasteiger partial charge in [0.15, 0.2) is 0 Å². The first-order valence-electron chi connectivity index (χ1n) is 6.14. The summed E-state index contributed by atoms with van der Waals surface area (Å²) in [6, 6.07) is 4.55. The Morgan fingerprint density at radius 3 is 3.06 bits per heavy atom. The highest BCUT2D eigenvalue weighted by atomic mass is 16.5. The molecule has 1 aliphatic heterocycles. The third kappa shape index (κ3) is 3.41. The van der Waals surface area contributed by atoms with Gasteiger partial charge in [-0.25, -0.2) is 0 Å². The van der Waals surface area contributed by atoms with Gasteiger partial charge in [0.25, 0.3) is 0 Å². The Hall–Kier alpha value is -1.13. The van der Waals surface area contributed by atoms with Gasteiger partial charge in [0.1, 0.15) is 5.75 Å². The van der Waals surface area contributed by atoms with Crippen molar-refractivity contribution in [3.05, 3.63) is 23.5 Å². The summed E-state index contributed by atoms with van der Waals surface area (Å²) in [5.74, 6) is 0.899. The average molecular weight is 235 g/mol. The van der Waals surface area contributed by atoms with Gasteiger partial charge in [-0.15, -0.1) is 0 Å². The molecule has 1 aromatic heterocycles. The van der Waals surface area contributed by atoms with E-state index in [0.717, 1.165) is 43.3 Å². The highest BCUT2D eigenvalue weighted by Crippen LogP contribution is 2.15. The molecule has 0 radical (unpaired) electrons. The first kappa shape index (κ1) is 12.3. The van der Waals surface area contributed by atoms with Crippen LogP contribution in [0.15, 0.2) is 12.1 Å². The number of pyridine rings is 1. The van der Waals surface area contributed by atoms with E-state index in [1.807, 2.05) is 19.1 Å². The predicted molar refractivity (Wildman–Crippen MR) is 68.3 cm³/mol. The fourth-order valence-electron chi connectivity index (χ4n) is 2.29. The minimum atomic E-state index is 0.565. The molecule has 2 rings (SSSR count). The summed E-state index contributed by atoms with van der Waals surface area (Å²) >= 11 is 0. The molecule has 1 fully saturated rings. The zero-order valence-corrected chi connectivity index (χ0v) is 10.9. The summed E-state index contributed by atoms with van der Waals surface area (Å²) in [4.78, 5) is 6.99. The second kappa shape index (κ2) is 5.47. The van der Waals surface area contributed by atoms with Crippen LogP contribution in [0.4, 0.5) is 0 Å². The van der Waals surface area contributed by atoms with Crippen molar-refractivity contribution in [1.29, 1.82) is 0 Å². The molecule has 0 spiro atoms. The van der Waals surface area contributed by atoms with Gasteiger partial charge in [0.2, 0.25) is 0 Å². The number of ether oxygens (including phenoxy) is 1. The van der Waals surface area contributed by atoms with Gasteiger partial charge in [-0.05, 0) is 13.8 Å². The maximum absolute atomic E-state index is 5.28. The van der Waals surface area contributed by atoms with Gasteiger partial charge in [-0.1, -0.05) is 0 Å². The van der Waals surface area contributed by atoms with Crippen LogP contribution >= 0.6 is 0 Å². The largest absolute Gasteiger partial charge is 0.497 e. The lowest BCUT2D eigenvalue weighted by Gasteiger charge is -2.31. The molecular formula is C13H21N3O. The molecule has 4 heteroatoms. The summed E-state index contributed by atoms with van der Waals surface area (Å²) < 4.78 is 5.28. The van der Waals surface area contributed by atoms with Crippen LogP contribution in [0.3, 0.4) is 0 Å². The molecule has 17 heavy (non-hydrogen) atoms. The predicted octanol–water partition coefficient (Wildman–Crippen LogP) is 1.19. The first-order chi connectivity index (χ1) is 8.17. The van der Waals surface area contributed by atoms with Crippen molar-refractivity contribution >= 4 is 0 Å². The van der Waals surface area contributed by atoms with E-state index in [9.17, 15) is 0 Å². The van der Waals surface area contributed by atoms with Crippen molar-refractivity contribution in [2.45, 2.75) is 26.4 Å². The number of aryl methyl sites for hydroxylation is 1. The maximum atomic E-state index is 5.28. The summed E-state index contributed by atoms with van der Waals surface area (Å²) in [5.41, 5.74) is 2.11. The Morgan fingerprint density at radius 1 is 1.53 bits per heavy atom. The molecule has 0 aliphatic carbocycles. The minimum Gasteiger partial charge on any atom is -0.497 e. The van der Waals surface area contributed by atoms with Gasteiger partial charge < -0.3 is 10.1 Å². The summed E-state index contributed by atoms with van der Waals surface area (Å²) in [7, 11) is 1.70. The fraction of sp³-hybridized carbons (Fsp3) is 0.615. The molecule has 0 aromatic carbocycles. The maximum Gasteiger partial charge on any atom is 0.122 e. The van der Waals surface area contributed by atoms with E-state index < -0.39 is 0 Å². The van der Waals surface area contributed by atoms with E-state index in [4.69, 9.17) is 4.74 Å². The number of methoxy groups -OCH3 is 1. The fourth-order valence-corrected chi connectivity index (χ4v) is 2.29. The van der Waals surface area contributed by atoms with Crippen molar-refractivity contribution in [3.63, 3.8) is 0 Å². The van der Waals surface area contributed by atoms with E-state index in [2.05, 4.69) is 22.1 Å². The molecule has 1 N–H and O–H groups in total. The van der Waals surface area contributed by atoms with Crippen molar-refractivity contribution in [2.75, 3.05) is 26.7 Å². The molecule has 0 bridgehead atoms. The van der Waals surface area contributed by atoms with Crippen LogP contribution < -0.4 is 10.1 Å². The number of piperazine rings is 1. The van der Waals surface area contributed by atoms with E-state index in [0.29, 0.717) is 6.04 Å². The van der Waals surface area contributed by atoms with Crippen LogP contribution in [0.1, 0.15) is 18.3 Å². The normalized spacial score (nSPS) is 21.5. The van der Waals surface area contributed by atoms with E-state index >= 15 is 0 Å². The van der Waals surface area contributed by atoms with Gasteiger partial charge in [0, 0.05) is 50.0 Å². The lowest BCUT2D eigenvalue weighted by molar-refractivity contribution is 0.197. The third-order valence-corrected chi connectivity index (χ3v) is 3.05. The highest BCUT2D eigenvalue weighted by Gasteiger charge is 2.16. The minimum absolute atomic E-state index is 0.565. The zero-order valence-electron chi connectivity index (χ0n) is 10.9. The SMILES string of the molecule is COc1cc(C)nc(CN2CCNC(C)C2)c1. The molecule has 1 aliphatic rings. The first-order valence-corrected chi connectivity index (χ1v) is 6.14. The van der Waals surface area contributed by atoms with Crippen molar-refractivity contribution in [3.8, 4) is 5.75 Å². The van der Waals surface area contributed by atoms with Crippen molar-refractivity contribution < 1.29 is 4.74 Å². The second-order valence-corrected chi connectivity index (χ2v) is 4.73.